The zero-order valence-electron chi connectivity index (χ0n) is 7.26. The summed E-state index contributed by atoms with van der Waals surface area (Å²) in [6.07, 6.45) is -0.425. The Labute approximate surface area is 84.4 Å². The predicted octanol–water partition coefficient (Wildman–Crippen LogP) is 2.64. The normalized spacial score (nSPS) is 11.1. The van der Waals surface area contributed by atoms with Gasteiger partial charge in [0, 0.05) is 5.56 Å². The molecular formula is C9H7ClF2O2. The average Bonchev–Trinajstić information content (AvgIpc) is 2.17. The third kappa shape index (κ3) is 2.01. The monoisotopic (exact) mass is 220 g/mol. The van der Waals surface area contributed by atoms with Crippen molar-refractivity contribution < 1.29 is 18.3 Å². The number of halogens is 3. The van der Waals surface area contributed by atoms with Gasteiger partial charge in [-0.15, -0.1) is 0 Å². The quantitative estimate of drug-likeness (QED) is 0.732. The second-order valence-electron chi connectivity index (χ2n) is 2.59. The molecule has 1 aromatic rings. The van der Waals surface area contributed by atoms with Crippen molar-refractivity contribution >= 4 is 17.9 Å². The van der Waals surface area contributed by atoms with Gasteiger partial charge in [0.1, 0.15) is 5.75 Å². The van der Waals surface area contributed by atoms with Gasteiger partial charge in [0.2, 0.25) is 0 Å². The fraction of sp³-hybridized carbons (Fsp3) is 0.222. The summed E-state index contributed by atoms with van der Waals surface area (Å²) < 4.78 is 30.4. The summed E-state index contributed by atoms with van der Waals surface area (Å²) in [7, 11) is 1.37. The van der Waals surface area contributed by atoms with Crippen LogP contribution in [0.15, 0.2) is 18.2 Å². The van der Waals surface area contributed by atoms with E-state index in [1.54, 1.807) is 0 Å². The van der Waals surface area contributed by atoms with Crippen LogP contribution in [-0.2, 0) is 10.7 Å². The molecule has 0 N–H and O–H groups in total. The minimum Gasteiger partial charge on any atom is -0.495 e. The third-order valence-electron chi connectivity index (χ3n) is 1.68. The zero-order valence-corrected chi connectivity index (χ0v) is 8.02. The van der Waals surface area contributed by atoms with Gasteiger partial charge < -0.3 is 4.74 Å². The molecule has 0 aliphatic carbocycles. The van der Waals surface area contributed by atoms with Crippen LogP contribution < -0.4 is 4.74 Å². The third-order valence-corrected chi connectivity index (χ3v) is 1.98. The number of rotatable bonds is 3. The van der Waals surface area contributed by atoms with Crippen molar-refractivity contribution in [2.75, 3.05) is 7.11 Å². The highest BCUT2D eigenvalue weighted by Gasteiger charge is 2.31. The lowest BCUT2D eigenvalue weighted by Gasteiger charge is -2.10. The molecule has 0 saturated carbocycles. The fourth-order valence-corrected chi connectivity index (χ4v) is 1.20. The molecule has 2 nitrogen and oxygen atoms in total. The summed E-state index contributed by atoms with van der Waals surface area (Å²) in [5.41, 5.74) is -0.446. The molecule has 5 heteroatoms. The number of hydrogen-bond acceptors (Lipinski definition) is 2. The number of hydrogen-bond donors (Lipinski definition) is 0. The van der Waals surface area contributed by atoms with E-state index >= 15 is 0 Å². The maximum absolute atomic E-state index is 12.8. The van der Waals surface area contributed by atoms with E-state index in [2.05, 4.69) is 0 Å². The van der Waals surface area contributed by atoms with E-state index in [1.165, 1.54) is 13.2 Å². The van der Waals surface area contributed by atoms with E-state index in [4.69, 9.17) is 16.3 Å². The smallest absolute Gasteiger partial charge is 0.327 e. The predicted molar refractivity (Wildman–Crippen MR) is 48.0 cm³/mol. The number of benzene rings is 1. The molecule has 0 aliphatic heterocycles. The van der Waals surface area contributed by atoms with Gasteiger partial charge >= 0.3 is 5.92 Å². The van der Waals surface area contributed by atoms with E-state index in [1.807, 2.05) is 0 Å². The number of alkyl halides is 2. The van der Waals surface area contributed by atoms with Crippen LogP contribution in [0.25, 0.3) is 0 Å². The number of methoxy groups -OCH3 is 1. The second kappa shape index (κ2) is 3.92. The van der Waals surface area contributed by atoms with Crippen LogP contribution in [0.3, 0.4) is 0 Å². The minimum atomic E-state index is -3.50. The van der Waals surface area contributed by atoms with Gasteiger partial charge in [-0.1, -0.05) is 11.6 Å². The molecule has 0 bridgehead atoms. The van der Waals surface area contributed by atoms with Gasteiger partial charge in [0.05, 0.1) is 12.1 Å². The van der Waals surface area contributed by atoms with Gasteiger partial charge in [-0.05, 0) is 18.2 Å². The van der Waals surface area contributed by atoms with Crippen molar-refractivity contribution in [1.82, 2.24) is 0 Å². The van der Waals surface area contributed by atoms with Crippen LogP contribution in [0.2, 0.25) is 5.02 Å². The van der Waals surface area contributed by atoms with E-state index in [0.717, 1.165) is 12.1 Å². The summed E-state index contributed by atoms with van der Waals surface area (Å²) >= 11 is 5.62. The van der Waals surface area contributed by atoms with Crippen LogP contribution in [0.4, 0.5) is 8.78 Å². The van der Waals surface area contributed by atoms with Gasteiger partial charge in [-0.2, -0.15) is 8.78 Å². The highest BCUT2D eigenvalue weighted by molar-refractivity contribution is 6.32. The van der Waals surface area contributed by atoms with E-state index in [0.29, 0.717) is 0 Å². The number of carbonyl (C=O) groups excluding carboxylic acids is 1. The van der Waals surface area contributed by atoms with Gasteiger partial charge in [-0.3, -0.25) is 4.79 Å². The van der Waals surface area contributed by atoms with Crippen molar-refractivity contribution in [3.05, 3.63) is 28.8 Å². The maximum Gasteiger partial charge on any atom is 0.327 e. The molecule has 0 fully saturated rings. The van der Waals surface area contributed by atoms with Crippen LogP contribution in [0, 0.1) is 0 Å². The molecule has 0 atom stereocenters. The fourth-order valence-electron chi connectivity index (χ4n) is 0.942. The van der Waals surface area contributed by atoms with Crippen molar-refractivity contribution in [2.45, 2.75) is 5.92 Å². The Kier molecular flexibility index (Phi) is 3.06. The molecule has 76 valence electrons. The van der Waals surface area contributed by atoms with Crippen molar-refractivity contribution in [2.24, 2.45) is 0 Å². The molecule has 0 radical (unpaired) electrons. The number of aldehydes is 1. The molecule has 0 heterocycles. The lowest BCUT2D eigenvalue weighted by atomic mass is 10.1. The Balaban J connectivity index is 3.15. The number of carbonyl (C=O) groups is 1. The Morgan fingerprint density at radius 1 is 1.50 bits per heavy atom. The van der Waals surface area contributed by atoms with Gasteiger partial charge in [-0.25, -0.2) is 0 Å². The van der Waals surface area contributed by atoms with Crippen LogP contribution >= 0.6 is 11.6 Å². The van der Waals surface area contributed by atoms with Crippen molar-refractivity contribution in [1.29, 1.82) is 0 Å². The first-order valence-corrected chi connectivity index (χ1v) is 4.07. The minimum absolute atomic E-state index is 0.0477. The van der Waals surface area contributed by atoms with E-state index < -0.39 is 17.8 Å². The molecule has 1 aromatic carbocycles. The van der Waals surface area contributed by atoms with Crippen LogP contribution in [0.5, 0.6) is 5.75 Å². The highest BCUT2D eigenvalue weighted by Crippen LogP contribution is 2.32. The summed E-state index contributed by atoms with van der Waals surface area (Å²) in [6.45, 7) is 0. The van der Waals surface area contributed by atoms with Gasteiger partial charge in [0.15, 0.2) is 6.29 Å². The lowest BCUT2D eigenvalue weighted by Crippen LogP contribution is -2.14. The molecular weight excluding hydrogens is 214 g/mol. The highest BCUT2D eigenvalue weighted by atomic mass is 35.5. The first-order chi connectivity index (χ1) is 6.51. The topological polar surface area (TPSA) is 26.3 Å². The average molecular weight is 221 g/mol. The largest absolute Gasteiger partial charge is 0.495 e. The molecule has 0 amide bonds. The molecule has 0 aromatic heterocycles. The molecule has 0 spiro atoms. The standard InChI is InChI=1S/C9H7ClF2O2/c1-14-8-3-2-6(4-7(8)10)9(11,12)5-13/h2-5H,1H3. The molecule has 1 rings (SSSR count). The SMILES string of the molecule is COc1ccc(C(F)(F)C=O)cc1Cl. The second-order valence-corrected chi connectivity index (χ2v) is 3.00. The summed E-state index contributed by atoms with van der Waals surface area (Å²) in [4.78, 5) is 10.1. The van der Waals surface area contributed by atoms with Gasteiger partial charge in [0.25, 0.3) is 0 Å². The first-order valence-electron chi connectivity index (χ1n) is 3.69. The summed E-state index contributed by atoms with van der Waals surface area (Å²) in [5, 5.41) is 0.0477. The summed E-state index contributed by atoms with van der Waals surface area (Å²) in [6, 6.07) is 3.39. The zero-order chi connectivity index (χ0) is 10.8. The maximum atomic E-state index is 12.8. The summed E-state index contributed by atoms with van der Waals surface area (Å²) in [5.74, 6) is -3.22. The van der Waals surface area contributed by atoms with Crippen molar-refractivity contribution in [3.8, 4) is 5.75 Å². The Morgan fingerprint density at radius 3 is 2.57 bits per heavy atom. The van der Waals surface area contributed by atoms with E-state index in [9.17, 15) is 13.6 Å². The van der Waals surface area contributed by atoms with Crippen molar-refractivity contribution in [3.63, 3.8) is 0 Å². The number of ether oxygens (including phenoxy) is 1. The van der Waals surface area contributed by atoms with Crippen LogP contribution in [-0.4, -0.2) is 13.4 Å². The Morgan fingerprint density at radius 2 is 2.14 bits per heavy atom. The molecule has 0 aliphatic rings. The molecule has 14 heavy (non-hydrogen) atoms. The van der Waals surface area contributed by atoms with E-state index in [-0.39, 0.29) is 10.8 Å². The Hall–Kier alpha value is -1.16. The first kappa shape index (κ1) is 10.9. The van der Waals surface area contributed by atoms with Crippen LogP contribution in [0.1, 0.15) is 5.56 Å². The molecule has 0 unspecified atom stereocenters. The Bertz CT molecular complexity index is 353. The molecule has 0 saturated heterocycles. The lowest BCUT2D eigenvalue weighted by molar-refractivity contribution is -0.130.